The van der Waals surface area contributed by atoms with Gasteiger partial charge in [-0.25, -0.2) is 4.79 Å². The summed E-state index contributed by atoms with van der Waals surface area (Å²) >= 11 is 0. The van der Waals surface area contributed by atoms with Gasteiger partial charge in [-0.2, -0.15) is 4.98 Å². The Bertz CT molecular complexity index is 848. The summed E-state index contributed by atoms with van der Waals surface area (Å²) in [6.07, 6.45) is 0. The minimum Gasteiger partial charge on any atom is -0.289 e. The first-order valence-corrected chi connectivity index (χ1v) is 7.17. The van der Waals surface area contributed by atoms with Crippen LogP contribution in [-0.2, 0) is 0 Å². The van der Waals surface area contributed by atoms with Gasteiger partial charge in [-0.05, 0) is 32.4 Å². The molecule has 3 nitrogen and oxygen atoms in total. The summed E-state index contributed by atoms with van der Waals surface area (Å²) in [7, 11) is 0. The number of aromatic nitrogens is 2. The molecular formula is C18H18N2O. The van der Waals surface area contributed by atoms with E-state index < -0.39 is 0 Å². The molecule has 0 saturated heterocycles. The molecule has 3 rings (SSSR count). The standard InChI is InChI=1S/C18H18N2O/c1-12(2)20-15-11-7-8-13(3)16(15)17(19-18(20)21)14-9-5-4-6-10-14/h4-12H,1-3H3. The normalized spacial score (nSPS) is 11.2. The third-order valence-corrected chi connectivity index (χ3v) is 3.72. The van der Waals surface area contributed by atoms with Crippen molar-refractivity contribution in [1.29, 1.82) is 0 Å². The molecule has 0 unspecified atom stereocenters. The van der Waals surface area contributed by atoms with Crippen LogP contribution in [0.2, 0.25) is 0 Å². The first-order chi connectivity index (χ1) is 10.1. The Morgan fingerprint density at radius 3 is 2.38 bits per heavy atom. The van der Waals surface area contributed by atoms with Crippen molar-refractivity contribution in [2.24, 2.45) is 0 Å². The van der Waals surface area contributed by atoms with E-state index in [4.69, 9.17) is 0 Å². The van der Waals surface area contributed by atoms with E-state index in [1.807, 2.05) is 56.3 Å². The van der Waals surface area contributed by atoms with Crippen LogP contribution in [0, 0.1) is 6.92 Å². The molecule has 0 fully saturated rings. The predicted molar refractivity (Wildman–Crippen MR) is 86.6 cm³/mol. The molecular weight excluding hydrogens is 260 g/mol. The van der Waals surface area contributed by atoms with Crippen molar-refractivity contribution >= 4 is 10.9 Å². The van der Waals surface area contributed by atoms with E-state index in [9.17, 15) is 4.79 Å². The number of hydrogen-bond donors (Lipinski definition) is 0. The van der Waals surface area contributed by atoms with Gasteiger partial charge in [-0.15, -0.1) is 0 Å². The Hall–Kier alpha value is -2.42. The van der Waals surface area contributed by atoms with E-state index in [2.05, 4.69) is 18.0 Å². The maximum Gasteiger partial charge on any atom is 0.348 e. The molecule has 0 atom stereocenters. The summed E-state index contributed by atoms with van der Waals surface area (Å²) in [5, 5.41) is 1.05. The van der Waals surface area contributed by atoms with Gasteiger partial charge in [-0.3, -0.25) is 4.57 Å². The summed E-state index contributed by atoms with van der Waals surface area (Å²) in [5.74, 6) is 0. The highest BCUT2D eigenvalue weighted by atomic mass is 16.1. The predicted octanol–water partition coefficient (Wildman–Crippen LogP) is 3.95. The quantitative estimate of drug-likeness (QED) is 0.711. The van der Waals surface area contributed by atoms with Crippen LogP contribution in [0.3, 0.4) is 0 Å². The topological polar surface area (TPSA) is 34.9 Å². The molecule has 0 spiro atoms. The summed E-state index contributed by atoms with van der Waals surface area (Å²) < 4.78 is 1.76. The maximum atomic E-state index is 12.4. The zero-order valence-electron chi connectivity index (χ0n) is 12.5. The average molecular weight is 278 g/mol. The minimum absolute atomic E-state index is 0.0825. The van der Waals surface area contributed by atoms with Crippen molar-refractivity contribution in [2.45, 2.75) is 26.8 Å². The lowest BCUT2D eigenvalue weighted by molar-refractivity contribution is 0.587. The van der Waals surface area contributed by atoms with Gasteiger partial charge < -0.3 is 0 Å². The number of rotatable bonds is 2. The fourth-order valence-electron chi connectivity index (χ4n) is 2.77. The van der Waals surface area contributed by atoms with Crippen LogP contribution in [0.4, 0.5) is 0 Å². The van der Waals surface area contributed by atoms with E-state index in [1.54, 1.807) is 4.57 Å². The second kappa shape index (κ2) is 5.17. The van der Waals surface area contributed by atoms with Crippen molar-refractivity contribution in [2.75, 3.05) is 0 Å². The molecule has 3 aromatic rings. The van der Waals surface area contributed by atoms with Gasteiger partial charge in [0.05, 0.1) is 11.2 Å². The molecule has 0 N–H and O–H groups in total. The van der Waals surface area contributed by atoms with Crippen LogP contribution >= 0.6 is 0 Å². The summed E-state index contributed by atoms with van der Waals surface area (Å²) in [5.41, 5.74) is 3.63. The van der Waals surface area contributed by atoms with Crippen molar-refractivity contribution in [1.82, 2.24) is 9.55 Å². The molecule has 0 bridgehead atoms. The van der Waals surface area contributed by atoms with Gasteiger partial charge in [0.25, 0.3) is 0 Å². The highest BCUT2D eigenvalue weighted by Crippen LogP contribution is 2.28. The molecule has 0 amide bonds. The van der Waals surface area contributed by atoms with Gasteiger partial charge in [0.1, 0.15) is 0 Å². The molecule has 0 aliphatic heterocycles. The monoisotopic (exact) mass is 278 g/mol. The molecule has 0 radical (unpaired) electrons. The Labute approximate surface area is 123 Å². The molecule has 0 saturated carbocycles. The van der Waals surface area contributed by atoms with Crippen molar-refractivity contribution in [3.63, 3.8) is 0 Å². The van der Waals surface area contributed by atoms with Crippen molar-refractivity contribution in [3.05, 3.63) is 64.6 Å². The van der Waals surface area contributed by atoms with Gasteiger partial charge >= 0.3 is 5.69 Å². The maximum absolute atomic E-state index is 12.4. The fourth-order valence-corrected chi connectivity index (χ4v) is 2.77. The van der Waals surface area contributed by atoms with Crippen LogP contribution in [0.15, 0.2) is 53.3 Å². The second-order valence-electron chi connectivity index (χ2n) is 5.54. The second-order valence-corrected chi connectivity index (χ2v) is 5.54. The molecule has 21 heavy (non-hydrogen) atoms. The van der Waals surface area contributed by atoms with E-state index in [-0.39, 0.29) is 11.7 Å². The Morgan fingerprint density at radius 2 is 1.71 bits per heavy atom. The summed E-state index contributed by atoms with van der Waals surface area (Å²) in [6.45, 7) is 6.08. The van der Waals surface area contributed by atoms with E-state index in [1.165, 1.54) is 0 Å². The first kappa shape index (κ1) is 13.6. The highest BCUT2D eigenvalue weighted by Gasteiger charge is 2.15. The first-order valence-electron chi connectivity index (χ1n) is 7.17. The molecule has 1 heterocycles. The number of fused-ring (bicyclic) bond motifs is 1. The number of aryl methyl sites for hydroxylation is 1. The van der Waals surface area contributed by atoms with E-state index in [0.29, 0.717) is 0 Å². The van der Waals surface area contributed by atoms with Crippen LogP contribution in [-0.4, -0.2) is 9.55 Å². The summed E-state index contributed by atoms with van der Waals surface area (Å²) in [4.78, 5) is 16.8. The largest absolute Gasteiger partial charge is 0.348 e. The van der Waals surface area contributed by atoms with E-state index in [0.717, 1.165) is 27.7 Å². The highest BCUT2D eigenvalue weighted by molar-refractivity contribution is 5.94. The third kappa shape index (κ3) is 2.25. The Balaban J connectivity index is 2.48. The third-order valence-electron chi connectivity index (χ3n) is 3.72. The van der Waals surface area contributed by atoms with Crippen LogP contribution in [0.25, 0.3) is 22.2 Å². The lowest BCUT2D eigenvalue weighted by atomic mass is 10.0. The molecule has 1 aromatic heterocycles. The van der Waals surface area contributed by atoms with Gasteiger partial charge in [-0.1, -0.05) is 42.5 Å². The van der Waals surface area contributed by atoms with Crippen LogP contribution in [0.5, 0.6) is 0 Å². The zero-order valence-corrected chi connectivity index (χ0v) is 12.5. The number of nitrogens with zero attached hydrogens (tertiary/aromatic N) is 2. The Morgan fingerprint density at radius 1 is 1.00 bits per heavy atom. The lowest BCUT2D eigenvalue weighted by Gasteiger charge is -2.16. The molecule has 0 aliphatic rings. The van der Waals surface area contributed by atoms with Gasteiger partial charge in [0, 0.05) is 17.0 Å². The molecule has 3 heteroatoms. The van der Waals surface area contributed by atoms with Crippen LogP contribution < -0.4 is 5.69 Å². The fraction of sp³-hybridized carbons (Fsp3) is 0.222. The molecule has 2 aromatic carbocycles. The van der Waals surface area contributed by atoms with Crippen LogP contribution in [0.1, 0.15) is 25.5 Å². The van der Waals surface area contributed by atoms with E-state index >= 15 is 0 Å². The summed E-state index contributed by atoms with van der Waals surface area (Å²) in [6, 6.07) is 16.0. The average Bonchev–Trinajstić information content (AvgIpc) is 2.47. The van der Waals surface area contributed by atoms with Crippen molar-refractivity contribution < 1.29 is 0 Å². The van der Waals surface area contributed by atoms with Gasteiger partial charge in [0.15, 0.2) is 0 Å². The SMILES string of the molecule is Cc1cccc2c1c(-c1ccccc1)nc(=O)n2C(C)C. The zero-order chi connectivity index (χ0) is 15.0. The molecule has 0 aliphatic carbocycles. The minimum atomic E-state index is -0.193. The Kier molecular flexibility index (Phi) is 3.34. The number of hydrogen-bond acceptors (Lipinski definition) is 2. The molecule has 106 valence electrons. The van der Waals surface area contributed by atoms with Gasteiger partial charge in [0.2, 0.25) is 0 Å². The van der Waals surface area contributed by atoms with Crippen molar-refractivity contribution in [3.8, 4) is 11.3 Å². The number of benzene rings is 2. The lowest BCUT2D eigenvalue weighted by Crippen LogP contribution is -2.25. The smallest absolute Gasteiger partial charge is 0.289 e.